The molecule has 0 aliphatic rings. The maximum atomic E-state index is 12.7. The number of hydrogen-bond donors (Lipinski definition) is 1. The molecule has 1 heterocycles. The lowest BCUT2D eigenvalue weighted by Crippen LogP contribution is -2.25. The number of nitrogens with one attached hydrogen (secondary N) is 1. The monoisotopic (exact) mass is 485 g/mol. The lowest BCUT2D eigenvalue weighted by atomic mass is 10.2. The average molecular weight is 486 g/mol. The quantitative estimate of drug-likeness (QED) is 0.285. The highest BCUT2D eigenvalue weighted by Crippen LogP contribution is 2.29. The standard InChI is InChI=1S/C29H31N3O4/c1-4-9-21-14-15-26(27(18-21)35-3)36-17-8-16-32-25-13-6-5-12-24(25)31-28(32)20-30-29(33)22-10-7-11-23(19-22)34-2/h4-7,9-15,18-19H,8,16-17,20H2,1-3H3,(H,30,33)/b9-4+. The van der Waals surface area contributed by atoms with Crippen molar-refractivity contribution < 1.29 is 19.0 Å². The van der Waals surface area contributed by atoms with Crippen LogP contribution in [-0.4, -0.2) is 36.3 Å². The molecule has 1 amide bonds. The maximum absolute atomic E-state index is 12.7. The second-order valence-corrected chi connectivity index (χ2v) is 8.20. The van der Waals surface area contributed by atoms with Crippen LogP contribution in [0.2, 0.25) is 0 Å². The molecule has 7 nitrogen and oxygen atoms in total. The van der Waals surface area contributed by atoms with Gasteiger partial charge in [0.15, 0.2) is 11.5 Å². The summed E-state index contributed by atoms with van der Waals surface area (Å²) in [5.74, 6) is 2.68. The lowest BCUT2D eigenvalue weighted by molar-refractivity contribution is 0.0949. The van der Waals surface area contributed by atoms with E-state index in [4.69, 9.17) is 19.2 Å². The van der Waals surface area contributed by atoms with Gasteiger partial charge in [-0.05, 0) is 61.4 Å². The van der Waals surface area contributed by atoms with Gasteiger partial charge in [0.05, 0.1) is 38.4 Å². The van der Waals surface area contributed by atoms with Crippen molar-refractivity contribution in [2.24, 2.45) is 0 Å². The minimum atomic E-state index is -0.177. The topological polar surface area (TPSA) is 74.6 Å². The molecular formula is C29H31N3O4. The van der Waals surface area contributed by atoms with Gasteiger partial charge in [-0.3, -0.25) is 4.79 Å². The van der Waals surface area contributed by atoms with E-state index in [9.17, 15) is 4.79 Å². The SMILES string of the molecule is C/C=C/c1ccc(OCCCn2c(CNC(=O)c3cccc(OC)c3)nc3ccccc32)c(OC)c1. The van der Waals surface area contributed by atoms with Crippen molar-refractivity contribution in [2.45, 2.75) is 26.4 Å². The van der Waals surface area contributed by atoms with Gasteiger partial charge in [-0.15, -0.1) is 0 Å². The summed E-state index contributed by atoms with van der Waals surface area (Å²) in [4.78, 5) is 17.5. The maximum Gasteiger partial charge on any atom is 0.251 e. The van der Waals surface area contributed by atoms with Crippen LogP contribution in [0, 0.1) is 0 Å². The Morgan fingerprint density at radius 1 is 1.00 bits per heavy atom. The van der Waals surface area contributed by atoms with Gasteiger partial charge in [-0.1, -0.05) is 36.4 Å². The molecule has 3 aromatic carbocycles. The molecular weight excluding hydrogens is 454 g/mol. The number of imidazole rings is 1. The highest BCUT2D eigenvalue weighted by molar-refractivity contribution is 5.94. The highest BCUT2D eigenvalue weighted by Gasteiger charge is 2.13. The molecule has 0 spiro atoms. The number of methoxy groups -OCH3 is 2. The molecule has 0 fully saturated rings. The van der Waals surface area contributed by atoms with E-state index in [1.165, 1.54) is 0 Å². The minimum absolute atomic E-state index is 0.177. The normalized spacial score (nSPS) is 11.1. The van der Waals surface area contributed by atoms with Crippen LogP contribution in [0.3, 0.4) is 0 Å². The second kappa shape index (κ2) is 11.9. The number of amides is 1. The number of rotatable bonds is 11. The zero-order chi connectivity index (χ0) is 25.3. The van der Waals surface area contributed by atoms with E-state index < -0.39 is 0 Å². The number of nitrogens with zero attached hydrogens (tertiary/aromatic N) is 2. The summed E-state index contributed by atoms with van der Waals surface area (Å²) in [6.07, 6.45) is 4.77. The molecule has 4 aromatic rings. The number of carbonyl (C=O) groups excluding carboxylic acids is 1. The highest BCUT2D eigenvalue weighted by atomic mass is 16.5. The van der Waals surface area contributed by atoms with Crippen LogP contribution < -0.4 is 19.5 Å². The molecule has 7 heteroatoms. The van der Waals surface area contributed by atoms with Crippen molar-refractivity contribution in [1.29, 1.82) is 0 Å². The summed E-state index contributed by atoms with van der Waals surface area (Å²) in [5, 5.41) is 2.98. The number of aromatic nitrogens is 2. The molecule has 0 unspecified atom stereocenters. The Hall–Kier alpha value is -4.26. The van der Waals surface area contributed by atoms with Crippen molar-refractivity contribution >= 4 is 23.0 Å². The van der Waals surface area contributed by atoms with E-state index in [0.717, 1.165) is 28.8 Å². The third-order valence-electron chi connectivity index (χ3n) is 5.80. The molecule has 0 aliphatic carbocycles. The van der Waals surface area contributed by atoms with Crippen LogP contribution in [0.1, 0.15) is 35.1 Å². The Morgan fingerprint density at radius 3 is 2.67 bits per heavy atom. The van der Waals surface area contributed by atoms with Crippen LogP contribution in [0.15, 0.2) is 72.8 Å². The van der Waals surface area contributed by atoms with Gasteiger partial charge in [-0.25, -0.2) is 4.98 Å². The average Bonchev–Trinajstić information content (AvgIpc) is 3.27. The van der Waals surface area contributed by atoms with Crippen LogP contribution in [-0.2, 0) is 13.1 Å². The van der Waals surface area contributed by atoms with Gasteiger partial charge in [0.1, 0.15) is 11.6 Å². The Bertz CT molecular complexity index is 1360. The lowest BCUT2D eigenvalue weighted by Gasteiger charge is -2.13. The second-order valence-electron chi connectivity index (χ2n) is 8.20. The molecule has 0 saturated heterocycles. The van der Waals surface area contributed by atoms with E-state index in [-0.39, 0.29) is 5.91 Å². The fourth-order valence-electron chi connectivity index (χ4n) is 4.04. The third-order valence-corrected chi connectivity index (χ3v) is 5.80. The molecule has 186 valence electrons. The predicted octanol–water partition coefficient (Wildman–Crippen LogP) is 5.49. The van der Waals surface area contributed by atoms with E-state index in [0.29, 0.717) is 42.5 Å². The molecule has 1 N–H and O–H groups in total. The molecule has 1 aromatic heterocycles. The Kier molecular flexibility index (Phi) is 8.24. The number of aryl methyl sites for hydroxylation is 1. The van der Waals surface area contributed by atoms with Gasteiger partial charge in [0.25, 0.3) is 5.91 Å². The van der Waals surface area contributed by atoms with E-state index in [2.05, 4.69) is 9.88 Å². The van der Waals surface area contributed by atoms with Gasteiger partial charge < -0.3 is 24.1 Å². The minimum Gasteiger partial charge on any atom is -0.497 e. The smallest absolute Gasteiger partial charge is 0.251 e. The van der Waals surface area contributed by atoms with Gasteiger partial charge in [0, 0.05) is 12.1 Å². The predicted molar refractivity (Wildman–Crippen MR) is 142 cm³/mol. The molecule has 0 radical (unpaired) electrons. The Balaban J connectivity index is 1.42. The van der Waals surface area contributed by atoms with Crippen LogP contribution in [0.5, 0.6) is 17.2 Å². The summed E-state index contributed by atoms with van der Waals surface area (Å²) in [6, 6.07) is 21.0. The fraction of sp³-hybridized carbons (Fsp3) is 0.241. The summed E-state index contributed by atoms with van der Waals surface area (Å²) in [5.41, 5.74) is 3.52. The summed E-state index contributed by atoms with van der Waals surface area (Å²) < 4.78 is 18.9. The molecule has 4 rings (SSSR count). The zero-order valence-electron chi connectivity index (χ0n) is 20.9. The number of ether oxygens (including phenoxy) is 3. The number of allylic oxidation sites excluding steroid dienone is 1. The molecule has 0 bridgehead atoms. The summed E-state index contributed by atoms with van der Waals surface area (Å²) in [7, 11) is 3.23. The van der Waals surface area contributed by atoms with Crippen molar-refractivity contribution in [2.75, 3.05) is 20.8 Å². The molecule has 36 heavy (non-hydrogen) atoms. The zero-order valence-corrected chi connectivity index (χ0v) is 20.9. The van der Waals surface area contributed by atoms with Crippen LogP contribution in [0.4, 0.5) is 0 Å². The first-order valence-electron chi connectivity index (χ1n) is 11.9. The van der Waals surface area contributed by atoms with E-state index in [1.807, 2.05) is 67.6 Å². The Morgan fingerprint density at radius 2 is 1.86 bits per heavy atom. The van der Waals surface area contributed by atoms with Crippen LogP contribution >= 0.6 is 0 Å². The van der Waals surface area contributed by atoms with Gasteiger partial charge in [0.2, 0.25) is 0 Å². The van der Waals surface area contributed by atoms with E-state index in [1.54, 1.807) is 32.4 Å². The summed E-state index contributed by atoms with van der Waals surface area (Å²) >= 11 is 0. The molecule has 0 atom stereocenters. The fourth-order valence-corrected chi connectivity index (χ4v) is 4.04. The number of para-hydroxylation sites is 2. The summed E-state index contributed by atoms with van der Waals surface area (Å²) in [6.45, 7) is 3.51. The largest absolute Gasteiger partial charge is 0.497 e. The van der Waals surface area contributed by atoms with Crippen LogP contribution in [0.25, 0.3) is 17.1 Å². The number of hydrogen-bond acceptors (Lipinski definition) is 5. The van der Waals surface area contributed by atoms with Gasteiger partial charge >= 0.3 is 0 Å². The first-order valence-corrected chi connectivity index (χ1v) is 11.9. The van der Waals surface area contributed by atoms with E-state index >= 15 is 0 Å². The molecule has 0 saturated carbocycles. The first kappa shape index (κ1) is 24.9. The first-order chi connectivity index (χ1) is 17.6. The van der Waals surface area contributed by atoms with Crippen molar-refractivity contribution in [1.82, 2.24) is 14.9 Å². The molecule has 0 aliphatic heterocycles. The number of fused-ring (bicyclic) bond motifs is 1. The Labute approximate surface area is 211 Å². The number of carbonyl (C=O) groups is 1. The third kappa shape index (κ3) is 5.86. The van der Waals surface area contributed by atoms with Crippen molar-refractivity contribution in [3.63, 3.8) is 0 Å². The van der Waals surface area contributed by atoms with Crippen molar-refractivity contribution in [3.8, 4) is 17.2 Å². The van der Waals surface area contributed by atoms with Gasteiger partial charge in [-0.2, -0.15) is 0 Å². The number of benzene rings is 3. The van der Waals surface area contributed by atoms with Crippen molar-refractivity contribution in [3.05, 3.63) is 89.8 Å².